The number of rotatable bonds is 7. The molecular weight excluding hydrogens is 427 g/mol. The highest BCUT2D eigenvalue weighted by atomic mass is 19.4. The number of pyridine rings is 2. The van der Waals surface area contributed by atoms with Gasteiger partial charge in [-0.05, 0) is 42.5 Å². The summed E-state index contributed by atoms with van der Waals surface area (Å²) >= 11 is 0. The van der Waals surface area contributed by atoms with E-state index in [-0.39, 0.29) is 18.2 Å². The van der Waals surface area contributed by atoms with Crippen molar-refractivity contribution in [2.24, 2.45) is 0 Å². The summed E-state index contributed by atoms with van der Waals surface area (Å²) in [5.41, 5.74) is 0.701. The minimum Gasteiger partial charge on any atom is -0.492 e. The summed E-state index contributed by atoms with van der Waals surface area (Å²) in [6.45, 7) is 0.274. The van der Waals surface area contributed by atoms with Crippen molar-refractivity contribution in [3.8, 4) is 17.1 Å². The second-order valence-corrected chi connectivity index (χ2v) is 6.60. The van der Waals surface area contributed by atoms with Gasteiger partial charge in [-0.3, -0.25) is 14.5 Å². The van der Waals surface area contributed by atoms with Gasteiger partial charge in [0.2, 0.25) is 0 Å². The van der Waals surface area contributed by atoms with Crippen LogP contribution in [0, 0.1) is 0 Å². The molecule has 3 aromatic heterocycles. The summed E-state index contributed by atoms with van der Waals surface area (Å²) in [5, 5.41) is 6.63. The maximum atomic E-state index is 12.8. The first-order valence-electron chi connectivity index (χ1n) is 9.42. The van der Waals surface area contributed by atoms with Gasteiger partial charge < -0.3 is 10.1 Å². The first-order valence-corrected chi connectivity index (χ1v) is 9.42. The van der Waals surface area contributed by atoms with Crippen LogP contribution in [0.2, 0.25) is 0 Å². The van der Waals surface area contributed by atoms with Gasteiger partial charge in [-0.15, -0.1) is 0 Å². The van der Waals surface area contributed by atoms with Gasteiger partial charge in [0.15, 0.2) is 5.82 Å². The number of ether oxygens (including phenoxy) is 1. The molecule has 0 amide bonds. The predicted molar refractivity (Wildman–Crippen MR) is 109 cm³/mol. The Labute approximate surface area is 179 Å². The molecule has 8 nitrogen and oxygen atoms in total. The molecule has 0 aliphatic carbocycles. The lowest BCUT2D eigenvalue weighted by Crippen LogP contribution is -2.07. The third-order valence-electron chi connectivity index (χ3n) is 4.41. The zero-order valence-electron chi connectivity index (χ0n) is 16.4. The van der Waals surface area contributed by atoms with Crippen molar-refractivity contribution in [1.82, 2.24) is 20.1 Å². The van der Waals surface area contributed by atoms with Crippen LogP contribution in [-0.4, -0.2) is 26.7 Å². The second-order valence-electron chi connectivity index (χ2n) is 6.60. The average Bonchev–Trinajstić information content (AvgIpc) is 3.20. The standard InChI is InChI=1S/C21H16F3N5O3/c22-21(23,24)13-4-6-15(7-5-13)27-18-17(19-28-20(30)32-29-19)16(8-11-26-18)31-12-9-14-3-1-2-10-25-14/h1-8,10-11H,9,12H2,(H,26,27)(H,28,29,30). The van der Waals surface area contributed by atoms with Gasteiger partial charge in [0.1, 0.15) is 17.1 Å². The van der Waals surface area contributed by atoms with E-state index in [1.807, 2.05) is 18.2 Å². The lowest BCUT2D eigenvalue weighted by molar-refractivity contribution is -0.137. The van der Waals surface area contributed by atoms with E-state index in [9.17, 15) is 18.0 Å². The fourth-order valence-electron chi connectivity index (χ4n) is 2.92. The zero-order chi connectivity index (χ0) is 22.6. The Morgan fingerprint density at radius 3 is 2.50 bits per heavy atom. The number of hydrogen-bond acceptors (Lipinski definition) is 7. The Bertz CT molecular complexity index is 1240. The first kappa shape index (κ1) is 21.1. The van der Waals surface area contributed by atoms with Gasteiger partial charge in [0, 0.05) is 30.2 Å². The van der Waals surface area contributed by atoms with Gasteiger partial charge in [-0.1, -0.05) is 11.2 Å². The van der Waals surface area contributed by atoms with Crippen LogP contribution in [0.25, 0.3) is 11.4 Å². The van der Waals surface area contributed by atoms with E-state index in [2.05, 4.69) is 29.9 Å². The highest BCUT2D eigenvalue weighted by Gasteiger charge is 2.30. The molecule has 0 aliphatic heterocycles. The van der Waals surface area contributed by atoms with E-state index < -0.39 is 17.5 Å². The molecular formula is C21H16F3N5O3. The van der Waals surface area contributed by atoms with Crippen LogP contribution in [-0.2, 0) is 12.6 Å². The summed E-state index contributed by atoms with van der Waals surface area (Å²) in [4.78, 5) is 22.4. The highest BCUT2D eigenvalue weighted by Crippen LogP contribution is 2.35. The summed E-state index contributed by atoms with van der Waals surface area (Å²) < 4.78 is 48.9. The molecule has 1 aromatic carbocycles. The summed E-state index contributed by atoms with van der Waals surface area (Å²) in [6.07, 6.45) is -0.771. The zero-order valence-corrected chi connectivity index (χ0v) is 16.4. The van der Waals surface area contributed by atoms with E-state index >= 15 is 0 Å². The lowest BCUT2D eigenvalue weighted by Gasteiger charge is -2.14. The quantitative estimate of drug-likeness (QED) is 0.441. The maximum absolute atomic E-state index is 12.8. The maximum Gasteiger partial charge on any atom is 0.439 e. The molecule has 0 bridgehead atoms. The molecule has 164 valence electrons. The summed E-state index contributed by atoms with van der Waals surface area (Å²) in [6, 6.07) is 11.6. The molecule has 11 heteroatoms. The lowest BCUT2D eigenvalue weighted by atomic mass is 10.1. The van der Waals surface area contributed by atoms with Crippen molar-refractivity contribution in [3.05, 3.63) is 82.7 Å². The largest absolute Gasteiger partial charge is 0.492 e. The normalized spacial score (nSPS) is 11.3. The van der Waals surface area contributed by atoms with Crippen molar-refractivity contribution in [2.75, 3.05) is 11.9 Å². The fraction of sp³-hybridized carbons (Fsp3) is 0.143. The molecule has 0 unspecified atom stereocenters. The number of alkyl halides is 3. The minimum absolute atomic E-state index is 0.0605. The van der Waals surface area contributed by atoms with Crippen LogP contribution >= 0.6 is 0 Å². The monoisotopic (exact) mass is 443 g/mol. The van der Waals surface area contributed by atoms with Crippen LogP contribution in [0.4, 0.5) is 24.7 Å². The molecule has 0 radical (unpaired) electrons. The van der Waals surface area contributed by atoms with Gasteiger partial charge in [0.25, 0.3) is 0 Å². The molecule has 0 atom stereocenters. The predicted octanol–water partition coefficient (Wildman–Crippen LogP) is 4.20. The Kier molecular flexibility index (Phi) is 5.88. The Morgan fingerprint density at radius 1 is 1.03 bits per heavy atom. The van der Waals surface area contributed by atoms with Crippen LogP contribution in [0.1, 0.15) is 11.3 Å². The summed E-state index contributed by atoms with van der Waals surface area (Å²) in [7, 11) is 0. The van der Waals surface area contributed by atoms with Crippen molar-refractivity contribution >= 4 is 11.5 Å². The molecule has 4 aromatic rings. The summed E-state index contributed by atoms with van der Waals surface area (Å²) in [5.74, 6) is -0.159. The Morgan fingerprint density at radius 2 is 1.84 bits per heavy atom. The third-order valence-corrected chi connectivity index (χ3v) is 4.41. The van der Waals surface area contributed by atoms with Gasteiger partial charge in [-0.2, -0.15) is 13.2 Å². The molecule has 32 heavy (non-hydrogen) atoms. The average molecular weight is 443 g/mol. The number of nitrogens with zero attached hydrogens (tertiary/aromatic N) is 3. The van der Waals surface area contributed by atoms with E-state index in [1.165, 1.54) is 18.3 Å². The van der Waals surface area contributed by atoms with Crippen molar-refractivity contribution in [1.29, 1.82) is 0 Å². The first-order chi connectivity index (χ1) is 15.4. The highest BCUT2D eigenvalue weighted by molar-refractivity contribution is 5.79. The Hall–Kier alpha value is -4.15. The van der Waals surface area contributed by atoms with Crippen LogP contribution in [0.3, 0.4) is 0 Å². The number of nitrogens with one attached hydrogen (secondary N) is 2. The topological polar surface area (TPSA) is 106 Å². The van der Waals surface area contributed by atoms with Crippen molar-refractivity contribution < 1.29 is 22.4 Å². The van der Waals surface area contributed by atoms with Crippen LogP contribution < -0.4 is 15.8 Å². The van der Waals surface area contributed by atoms with E-state index in [0.29, 0.717) is 23.4 Å². The molecule has 2 N–H and O–H groups in total. The van der Waals surface area contributed by atoms with E-state index in [0.717, 1.165) is 17.8 Å². The third kappa shape index (κ3) is 4.94. The smallest absolute Gasteiger partial charge is 0.439 e. The molecule has 0 saturated carbocycles. The van der Waals surface area contributed by atoms with Gasteiger partial charge in [-0.25, -0.2) is 9.78 Å². The minimum atomic E-state index is -4.44. The molecule has 0 saturated heterocycles. The van der Waals surface area contributed by atoms with Gasteiger partial charge >= 0.3 is 11.9 Å². The van der Waals surface area contributed by atoms with Crippen LogP contribution in [0.5, 0.6) is 5.75 Å². The van der Waals surface area contributed by atoms with E-state index in [4.69, 9.17) is 4.74 Å². The number of benzene rings is 1. The molecule has 0 spiro atoms. The van der Waals surface area contributed by atoms with Crippen molar-refractivity contribution in [2.45, 2.75) is 12.6 Å². The molecule has 0 aliphatic rings. The number of aromatic nitrogens is 4. The number of halogens is 3. The molecule has 4 rings (SSSR count). The second kappa shape index (κ2) is 8.92. The van der Waals surface area contributed by atoms with Crippen molar-refractivity contribution in [3.63, 3.8) is 0 Å². The Balaban J connectivity index is 1.61. The molecule has 3 heterocycles. The number of aromatic amines is 1. The fourth-order valence-corrected chi connectivity index (χ4v) is 2.92. The van der Waals surface area contributed by atoms with Crippen LogP contribution in [0.15, 0.2) is 70.2 Å². The van der Waals surface area contributed by atoms with Gasteiger partial charge in [0.05, 0.1) is 12.2 Å². The SMILES string of the molecule is O=c1[nH]c(-c2c(OCCc3ccccn3)ccnc2Nc2ccc(C(F)(F)F)cc2)no1. The number of H-pyrrole nitrogens is 1. The number of hydrogen-bond donors (Lipinski definition) is 2. The molecule has 0 fully saturated rings. The number of anilines is 2. The van der Waals surface area contributed by atoms with E-state index in [1.54, 1.807) is 12.3 Å².